The Bertz CT molecular complexity index is 400. The second-order valence-corrected chi connectivity index (χ2v) is 6.60. The van der Waals surface area contributed by atoms with Gasteiger partial charge in [0.05, 0.1) is 0 Å². The number of hydrogen-bond donors (Lipinski definition) is 1. The molecule has 0 spiro atoms. The lowest BCUT2D eigenvalue weighted by Crippen LogP contribution is -2.32. The second kappa shape index (κ2) is 7.11. The smallest absolute Gasteiger partial charge is 0.202 e. The van der Waals surface area contributed by atoms with E-state index in [0.29, 0.717) is 11.5 Å². The van der Waals surface area contributed by atoms with E-state index in [9.17, 15) is 0 Å². The molecule has 1 unspecified atom stereocenters. The minimum atomic E-state index is 0.461. The molecule has 0 saturated heterocycles. The molecule has 1 fully saturated rings. The number of ether oxygens (including phenoxy) is 1. The monoisotopic (exact) mass is 279 g/mol. The molecule has 0 radical (unpaired) electrons. The summed E-state index contributed by atoms with van der Waals surface area (Å²) in [6.07, 6.45) is 10.1. The lowest BCUT2D eigenvalue weighted by molar-refractivity contribution is 0.141. The minimum Gasteiger partial charge on any atom is -0.382 e. The molecule has 20 heavy (non-hydrogen) atoms. The first-order valence-electron chi connectivity index (χ1n) is 7.96. The van der Waals surface area contributed by atoms with Crippen molar-refractivity contribution in [3.63, 3.8) is 0 Å². The van der Waals surface area contributed by atoms with Crippen molar-refractivity contribution >= 4 is 5.95 Å². The summed E-state index contributed by atoms with van der Waals surface area (Å²) in [6, 6.07) is 0.562. The van der Waals surface area contributed by atoms with Crippen molar-refractivity contribution in [1.29, 1.82) is 0 Å². The number of imidazole rings is 1. The van der Waals surface area contributed by atoms with E-state index in [1.165, 1.54) is 25.7 Å². The van der Waals surface area contributed by atoms with Crippen molar-refractivity contribution in [3.8, 4) is 0 Å². The SMILES string of the molecule is CCOCCCn1ccnc1NC1CCCC(C)(C)C1. The summed E-state index contributed by atoms with van der Waals surface area (Å²) >= 11 is 0. The van der Waals surface area contributed by atoms with E-state index in [2.05, 4.69) is 34.9 Å². The maximum Gasteiger partial charge on any atom is 0.202 e. The van der Waals surface area contributed by atoms with E-state index in [-0.39, 0.29) is 0 Å². The molecule has 1 heterocycles. The van der Waals surface area contributed by atoms with Crippen LogP contribution in [0.25, 0.3) is 0 Å². The standard InChI is InChI=1S/C16H29N3O/c1-4-20-12-6-10-19-11-9-17-15(19)18-14-7-5-8-16(2,3)13-14/h9,11,14H,4-8,10,12-13H2,1-3H3,(H,17,18). The summed E-state index contributed by atoms with van der Waals surface area (Å²) in [5, 5.41) is 3.64. The topological polar surface area (TPSA) is 39.1 Å². The Labute approximate surface area is 122 Å². The van der Waals surface area contributed by atoms with Crippen LogP contribution < -0.4 is 5.32 Å². The molecule has 1 aliphatic carbocycles. The van der Waals surface area contributed by atoms with Gasteiger partial charge in [0.25, 0.3) is 0 Å². The van der Waals surface area contributed by atoms with Crippen LogP contribution in [-0.2, 0) is 11.3 Å². The fourth-order valence-corrected chi connectivity index (χ4v) is 3.12. The molecule has 1 aromatic heterocycles. The third-order valence-electron chi connectivity index (χ3n) is 4.15. The number of aryl methyl sites for hydroxylation is 1. The summed E-state index contributed by atoms with van der Waals surface area (Å²) in [5.74, 6) is 1.02. The quantitative estimate of drug-likeness (QED) is 0.774. The predicted octanol–water partition coefficient (Wildman–Crippen LogP) is 3.69. The lowest BCUT2D eigenvalue weighted by atomic mass is 9.75. The minimum absolute atomic E-state index is 0.461. The van der Waals surface area contributed by atoms with E-state index < -0.39 is 0 Å². The molecule has 1 aromatic rings. The highest BCUT2D eigenvalue weighted by atomic mass is 16.5. The first kappa shape index (κ1) is 15.4. The van der Waals surface area contributed by atoms with Gasteiger partial charge in [0.1, 0.15) is 0 Å². The molecule has 0 aliphatic heterocycles. The Morgan fingerprint density at radius 3 is 3.10 bits per heavy atom. The molecule has 0 aromatic carbocycles. The zero-order valence-corrected chi connectivity index (χ0v) is 13.2. The summed E-state index contributed by atoms with van der Waals surface area (Å²) in [6.45, 7) is 9.37. The molecule has 0 amide bonds. The van der Waals surface area contributed by atoms with Crippen molar-refractivity contribution < 1.29 is 4.74 Å². The maximum atomic E-state index is 5.39. The van der Waals surface area contributed by atoms with Crippen LogP contribution in [0.15, 0.2) is 12.4 Å². The van der Waals surface area contributed by atoms with Crippen LogP contribution in [0.4, 0.5) is 5.95 Å². The van der Waals surface area contributed by atoms with Crippen LogP contribution in [0.2, 0.25) is 0 Å². The fourth-order valence-electron chi connectivity index (χ4n) is 3.12. The third kappa shape index (κ3) is 4.51. The Hall–Kier alpha value is -1.03. The maximum absolute atomic E-state index is 5.39. The van der Waals surface area contributed by atoms with Gasteiger partial charge in [0.15, 0.2) is 0 Å². The van der Waals surface area contributed by atoms with Gasteiger partial charge in [0, 0.05) is 38.2 Å². The van der Waals surface area contributed by atoms with Gasteiger partial charge in [-0.1, -0.05) is 20.3 Å². The molecule has 1 aliphatic rings. The Kier molecular flexibility index (Phi) is 5.46. The van der Waals surface area contributed by atoms with Gasteiger partial charge in [-0.2, -0.15) is 0 Å². The van der Waals surface area contributed by atoms with Crippen LogP contribution >= 0.6 is 0 Å². The van der Waals surface area contributed by atoms with Crippen LogP contribution in [0, 0.1) is 5.41 Å². The number of aromatic nitrogens is 2. The van der Waals surface area contributed by atoms with Crippen molar-refractivity contribution in [2.24, 2.45) is 5.41 Å². The number of nitrogens with zero attached hydrogens (tertiary/aromatic N) is 2. The van der Waals surface area contributed by atoms with Crippen LogP contribution in [0.3, 0.4) is 0 Å². The van der Waals surface area contributed by atoms with Gasteiger partial charge in [0.2, 0.25) is 5.95 Å². The Balaban J connectivity index is 1.85. The molecule has 1 N–H and O–H groups in total. The number of hydrogen-bond acceptors (Lipinski definition) is 3. The van der Waals surface area contributed by atoms with Crippen molar-refractivity contribution in [3.05, 3.63) is 12.4 Å². The zero-order chi connectivity index (χ0) is 14.4. The highest BCUT2D eigenvalue weighted by Gasteiger charge is 2.28. The van der Waals surface area contributed by atoms with E-state index in [1.807, 2.05) is 13.1 Å². The third-order valence-corrected chi connectivity index (χ3v) is 4.15. The lowest BCUT2D eigenvalue weighted by Gasteiger charge is -2.35. The van der Waals surface area contributed by atoms with E-state index in [0.717, 1.165) is 32.1 Å². The highest BCUT2D eigenvalue weighted by Crippen LogP contribution is 2.36. The van der Waals surface area contributed by atoms with Gasteiger partial charge in [-0.25, -0.2) is 4.98 Å². The van der Waals surface area contributed by atoms with Crippen LogP contribution in [-0.4, -0.2) is 28.8 Å². The van der Waals surface area contributed by atoms with Crippen molar-refractivity contribution in [1.82, 2.24) is 9.55 Å². The highest BCUT2D eigenvalue weighted by molar-refractivity contribution is 5.28. The number of nitrogens with one attached hydrogen (secondary N) is 1. The molecule has 1 saturated carbocycles. The van der Waals surface area contributed by atoms with Crippen molar-refractivity contribution in [2.75, 3.05) is 18.5 Å². The van der Waals surface area contributed by atoms with Gasteiger partial charge in [-0.3, -0.25) is 0 Å². The van der Waals surface area contributed by atoms with E-state index in [1.54, 1.807) is 0 Å². The molecule has 2 rings (SSSR count). The van der Waals surface area contributed by atoms with Crippen molar-refractivity contribution in [2.45, 2.75) is 65.5 Å². The van der Waals surface area contributed by atoms with Gasteiger partial charge in [-0.05, 0) is 38.0 Å². The van der Waals surface area contributed by atoms with Crippen LogP contribution in [0.5, 0.6) is 0 Å². The Morgan fingerprint density at radius 1 is 1.50 bits per heavy atom. The zero-order valence-electron chi connectivity index (χ0n) is 13.2. The molecule has 1 atom stereocenters. The fraction of sp³-hybridized carbons (Fsp3) is 0.812. The summed E-state index contributed by atoms with van der Waals surface area (Å²) in [5.41, 5.74) is 0.461. The van der Waals surface area contributed by atoms with E-state index in [4.69, 9.17) is 4.74 Å². The molecule has 4 heteroatoms. The summed E-state index contributed by atoms with van der Waals surface area (Å²) in [4.78, 5) is 4.47. The average Bonchev–Trinajstić information content (AvgIpc) is 2.81. The Morgan fingerprint density at radius 2 is 2.35 bits per heavy atom. The number of rotatable bonds is 7. The molecule has 4 nitrogen and oxygen atoms in total. The number of anilines is 1. The predicted molar refractivity (Wildman–Crippen MR) is 83.0 cm³/mol. The molecular weight excluding hydrogens is 250 g/mol. The molecule has 0 bridgehead atoms. The molecule has 114 valence electrons. The largest absolute Gasteiger partial charge is 0.382 e. The normalized spacial score (nSPS) is 21.9. The van der Waals surface area contributed by atoms with Gasteiger partial charge < -0.3 is 14.6 Å². The first-order valence-corrected chi connectivity index (χ1v) is 7.96. The summed E-state index contributed by atoms with van der Waals surface area (Å²) in [7, 11) is 0. The first-order chi connectivity index (χ1) is 9.61. The van der Waals surface area contributed by atoms with Gasteiger partial charge >= 0.3 is 0 Å². The second-order valence-electron chi connectivity index (χ2n) is 6.60. The van der Waals surface area contributed by atoms with Gasteiger partial charge in [-0.15, -0.1) is 0 Å². The van der Waals surface area contributed by atoms with Crippen LogP contribution in [0.1, 0.15) is 52.9 Å². The van der Waals surface area contributed by atoms with E-state index >= 15 is 0 Å². The average molecular weight is 279 g/mol. The molecular formula is C16H29N3O. The summed E-state index contributed by atoms with van der Waals surface area (Å²) < 4.78 is 7.60.